The number of rotatable bonds is 9. The number of hydrogen-bond acceptors (Lipinski definition) is 8. The minimum atomic E-state index is -0.404. The fraction of sp³-hybridized carbons (Fsp3) is 0.667. The summed E-state index contributed by atoms with van der Waals surface area (Å²) in [4.78, 5) is 44.6. The molecule has 2 aliphatic heterocycles. The Hall–Kier alpha value is -1.10. The topological polar surface area (TPSA) is 116 Å². The Morgan fingerprint density at radius 3 is 1.55 bits per heavy atom. The Balaban J connectivity index is 1.43. The predicted molar refractivity (Wildman–Crippen MR) is 84.0 cm³/mol. The lowest BCUT2D eigenvalue weighted by atomic mass is 10.2. The van der Waals surface area contributed by atoms with Gasteiger partial charge in [-0.3, -0.25) is 29.8 Å². The van der Waals surface area contributed by atoms with E-state index in [1.165, 1.54) is 0 Å². The molecule has 2 heterocycles. The van der Waals surface area contributed by atoms with Gasteiger partial charge in [-0.25, -0.2) is 0 Å². The van der Waals surface area contributed by atoms with Crippen LogP contribution in [0.15, 0.2) is 0 Å². The minimum absolute atomic E-state index is 0.211. The molecule has 0 aromatic carbocycles. The molecule has 0 spiro atoms. The number of carbonyl (C=O) groups is 4. The molecule has 2 fully saturated rings. The minimum Gasteiger partial charge on any atom is -0.305 e. The van der Waals surface area contributed by atoms with Crippen LogP contribution in [-0.4, -0.2) is 60.3 Å². The predicted octanol–water partition coefficient (Wildman–Crippen LogP) is -1.62. The Kier molecular flexibility index (Phi) is 6.68. The molecule has 2 aliphatic rings. The molecule has 0 aliphatic carbocycles. The van der Waals surface area contributed by atoms with Crippen LogP contribution in [0.2, 0.25) is 0 Å². The van der Waals surface area contributed by atoms with Gasteiger partial charge in [0.25, 0.3) is 0 Å². The molecule has 122 valence electrons. The Labute approximate surface area is 135 Å². The Morgan fingerprint density at radius 1 is 0.818 bits per heavy atom. The third kappa shape index (κ3) is 5.27. The maximum Gasteiger partial charge on any atom is 0.244 e. The lowest BCUT2D eigenvalue weighted by Crippen LogP contribution is -2.37. The zero-order valence-corrected chi connectivity index (χ0v) is 13.5. The van der Waals surface area contributed by atoms with Crippen molar-refractivity contribution in [2.75, 3.05) is 24.6 Å². The Morgan fingerprint density at radius 2 is 1.23 bits per heavy atom. The lowest BCUT2D eigenvalue weighted by molar-refractivity contribution is -0.126. The van der Waals surface area contributed by atoms with Crippen molar-refractivity contribution in [3.05, 3.63) is 0 Å². The van der Waals surface area contributed by atoms with Crippen molar-refractivity contribution in [1.82, 2.24) is 21.3 Å². The molecule has 4 N–H and O–H groups in total. The van der Waals surface area contributed by atoms with Crippen molar-refractivity contribution in [3.63, 3.8) is 0 Å². The van der Waals surface area contributed by atoms with Crippen molar-refractivity contribution >= 4 is 45.2 Å². The highest BCUT2D eigenvalue weighted by molar-refractivity contribution is 8.76. The summed E-state index contributed by atoms with van der Waals surface area (Å²) in [5, 5.41) is 10.6. The molecule has 0 saturated carbocycles. The molecular formula is C12H18N4O4S2. The van der Waals surface area contributed by atoms with Crippen molar-refractivity contribution in [1.29, 1.82) is 0 Å². The third-order valence-electron chi connectivity index (χ3n) is 3.17. The van der Waals surface area contributed by atoms with E-state index >= 15 is 0 Å². The van der Waals surface area contributed by atoms with E-state index in [0.717, 1.165) is 11.5 Å². The standard InChI is InChI=1S/C12H18N4O4S2/c17-9-5-7(11(19)15-9)13-1-3-21-22-4-2-14-8-6-10(18)16-12(8)20/h7-8,13-14H,1-6H2,(H,15,17,19)(H,16,18,20). The maximum atomic E-state index is 11.3. The van der Waals surface area contributed by atoms with E-state index in [1.54, 1.807) is 21.6 Å². The quantitative estimate of drug-likeness (QED) is 0.224. The summed E-state index contributed by atoms with van der Waals surface area (Å²) in [6.07, 6.45) is 0.422. The average Bonchev–Trinajstić information content (AvgIpc) is 2.94. The maximum absolute atomic E-state index is 11.3. The van der Waals surface area contributed by atoms with Crippen LogP contribution in [0.3, 0.4) is 0 Å². The van der Waals surface area contributed by atoms with E-state index in [-0.39, 0.29) is 36.5 Å². The zero-order chi connectivity index (χ0) is 15.9. The van der Waals surface area contributed by atoms with Crippen LogP contribution in [0.25, 0.3) is 0 Å². The fourth-order valence-electron chi connectivity index (χ4n) is 2.10. The summed E-state index contributed by atoms with van der Waals surface area (Å²) in [6, 6.07) is -0.809. The molecule has 10 heteroatoms. The first kappa shape index (κ1) is 17.3. The molecule has 0 radical (unpaired) electrons. The van der Waals surface area contributed by atoms with E-state index in [9.17, 15) is 19.2 Å². The second-order valence-electron chi connectivity index (χ2n) is 4.89. The van der Waals surface area contributed by atoms with Crippen LogP contribution in [0.5, 0.6) is 0 Å². The zero-order valence-electron chi connectivity index (χ0n) is 11.8. The summed E-state index contributed by atoms with van der Waals surface area (Å²) < 4.78 is 0. The summed E-state index contributed by atoms with van der Waals surface area (Å²) in [6.45, 7) is 1.30. The van der Waals surface area contributed by atoms with Crippen LogP contribution in [0.4, 0.5) is 0 Å². The van der Waals surface area contributed by atoms with Crippen LogP contribution in [0.1, 0.15) is 12.8 Å². The number of nitrogens with one attached hydrogen (secondary N) is 4. The van der Waals surface area contributed by atoms with Gasteiger partial charge in [0.05, 0.1) is 24.9 Å². The second-order valence-corrected chi connectivity index (χ2v) is 7.59. The molecule has 2 atom stereocenters. The highest BCUT2D eigenvalue weighted by Gasteiger charge is 2.30. The Bertz CT molecular complexity index is 432. The smallest absolute Gasteiger partial charge is 0.244 e. The largest absolute Gasteiger partial charge is 0.305 e. The summed E-state index contributed by atoms with van der Waals surface area (Å²) >= 11 is 0. The molecule has 0 aromatic rings. The van der Waals surface area contributed by atoms with Crippen LogP contribution in [-0.2, 0) is 19.2 Å². The van der Waals surface area contributed by atoms with Crippen molar-refractivity contribution in [2.24, 2.45) is 0 Å². The van der Waals surface area contributed by atoms with Crippen molar-refractivity contribution in [3.8, 4) is 0 Å². The van der Waals surface area contributed by atoms with Gasteiger partial charge < -0.3 is 10.6 Å². The number of imide groups is 2. The van der Waals surface area contributed by atoms with Crippen LogP contribution < -0.4 is 21.3 Å². The highest BCUT2D eigenvalue weighted by Crippen LogP contribution is 2.19. The third-order valence-corrected chi connectivity index (χ3v) is 5.58. The number of amides is 4. The first-order chi connectivity index (χ1) is 10.6. The van der Waals surface area contributed by atoms with Gasteiger partial charge in [-0.05, 0) is 0 Å². The highest BCUT2D eigenvalue weighted by atomic mass is 33.1. The molecule has 8 nitrogen and oxygen atoms in total. The SMILES string of the molecule is O=C1CC(NCCSSCCNC2CC(=O)NC2=O)C(=O)N1. The van der Waals surface area contributed by atoms with Gasteiger partial charge in [0, 0.05) is 24.6 Å². The van der Waals surface area contributed by atoms with Gasteiger partial charge >= 0.3 is 0 Å². The van der Waals surface area contributed by atoms with Gasteiger partial charge in [-0.1, -0.05) is 21.6 Å². The van der Waals surface area contributed by atoms with Crippen molar-refractivity contribution < 1.29 is 19.2 Å². The molecule has 4 amide bonds. The molecule has 22 heavy (non-hydrogen) atoms. The first-order valence-corrected chi connectivity index (χ1v) is 9.43. The molecule has 2 rings (SSSR count). The van der Waals surface area contributed by atoms with Gasteiger partial charge in [-0.15, -0.1) is 0 Å². The van der Waals surface area contributed by atoms with Crippen LogP contribution >= 0.6 is 21.6 Å². The monoisotopic (exact) mass is 346 g/mol. The number of hydrogen-bond donors (Lipinski definition) is 4. The second kappa shape index (κ2) is 8.51. The first-order valence-electron chi connectivity index (χ1n) is 6.95. The molecule has 0 aromatic heterocycles. The van der Waals surface area contributed by atoms with E-state index < -0.39 is 12.1 Å². The summed E-state index contributed by atoms with van der Waals surface area (Å²) in [5.41, 5.74) is 0. The van der Waals surface area contributed by atoms with Gasteiger partial charge in [0.2, 0.25) is 23.6 Å². The lowest BCUT2D eigenvalue weighted by Gasteiger charge is -2.09. The molecule has 2 saturated heterocycles. The fourth-order valence-corrected chi connectivity index (χ4v) is 3.95. The summed E-state index contributed by atoms with van der Waals surface area (Å²) in [7, 11) is 3.31. The van der Waals surface area contributed by atoms with E-state index in [1.807, 2.05) is 0 Å². The van der Waals surface area contributed by atoms with Crippen LogP contribution in [0, 0.1) is 0 Å². The van der Waals surface area contributed by atoms with E-state index in [0.29, 0.717) is 13.1 Å². The number of carbonyl (C=O) groups excluding carboxylic acids is 4. The summed E-state index contributed by atoms with van der Waals surface area (Å²) in [5.74, 6) is 0.651. The molecule has 2 unspecified atom stereocenters. The van der Waals surface area contributed by atoms with Crippen molar-refractivity contribution in [2.45, 2.75) is 24.9 Å². The average molecular weight is 346 g/mol. The van der Waals surface area contributed by atoms with E-state index in [2.05, 4.69) is 21.3 Å². The molecular weight excluding hydrogens is 328 g/mol. The normalized spacial score (nSPS) is 24.7. The van der Waals surface area contributed by atoms with Gasteiger partial charge in [0.1, 0.15) is 0 Å². The van der Waals surface area contributed by atoms with Gasteiger partial charge in [0.15, 0.2) is 0 Å². The van der Waals surface area contributed by atoms with E-state index in [4.69, 9.17) is 0 Å². The van der Waals surface area contributed by atoms with Gasteiger partial charge in [-0.2, -0.15) is 0 Å². The molecule has 0 bridgehead atoms.